The standard InChI is InChI=1S/C23H36N8O7/c24-9-11-6-12-3-4-16-21(37)30-14(2-1-5-27-23(25)26)20(36)28-10-18(33)29-15(8-19(34)35)17(32)7-13(11)22(38)31(12)16/h11-16H,1-10,24H2,(H,28,36)(H,29,33)(H,30,37)(H,34,35)(H4,25,26,27)/t11-,12-,13+,14-,15-,16-/m0/s1. The number of nitrogens with two attached hydrogens (primary N) is 2. The van der Waals surface area contributed by atoms with Crippen molar-refractivity contribution in [2.45, 2.75) is 69.1 Å². The Morgan fingerprint density at radius 1 is 1.11 bits per heavy atom. The van der Waals surface area contributed by atoms with E-state index in [9.17, 15) is 33.9 Å². The molecule has 3 rings (SSSR count). The number of rotatable bonds is 7. The maximum absolute atomic E-state index is 13.6. The van der Waals surface area contributed by atoms with E-state index in [1.54, 1.807) is 0 Å². The Morgan fingerprint density at radius 2 is 1.84 bits per heavy atom. The minimum absolute atomic E-state index is 0.135. The highest BCUT2D eigenvalue weighted by atomic mass is 16.4. The molecule has 3 saturated heterocycles. The number of Topliss-reactive ketones (excluding diaryl/α,β-unsaturated/α-hetero) is 1. The highest BCUT2D eigenvalue weighted by Crippen LogP contribution is 2.39. The number of hydrogen-bond donors (Lipinski definition) is 8. The fraction of sp³-hybridized carbons (Fsp3) is 0.696. The number of carboxylic acids is 1. The molecule has 0 aliphatic carbocycles. The molecule has 3 heterocycles. The molecule has 15 nitrogen and oxygen atoms in total. The van der Waals surface area contributed by atoms with Gasteiger partial charge in [-0.1, -0.05) is 0 Å². The van der Waals surface area contributed by atoms with Crippen LogP contribution in [0.5, 0.6) is 0 Å². The number of hydrogen-bond acceptors (Lipinski definition) is 8. The summed E-state index contributed by atoms with van der Waals surface area (Å²) in [6.07, 6.45) is 0.931. The van der Waals surface area contributed by atoms with Crippen molar-refractivity contribution in [3.05, 3.63) is 0 Å². The van der Waals surface area contributed by atoms with Gasteiger partial charge in [0.15, 0.2) is 11.7 Å². The predicted molar refractivity (Wildman–Crippen MR) is 132 cm³/mol. The zero-order valence-corrected chi connectivity index (χ0v) is 21.0. The molecule has 4 amide bonds. The molecule has 0 aromatic heterocycles. The van der Waals surface area contributed by atoms with Gasteiger partial charge in [-0.2, -0.15) is 0 Å². The Hall–Kier alpha value is -3.75. The number of fused-ring (bicyclic) bond motifs is 1. The molecule has 10 N–H and O–H groups in total. The average Bonchev–Trinajstić information content (AvgIpc) is 3.28. The lowest BCUT2D eigenvalue weighted by Crippen LogP contribution is -2.58. The predicted octanol–water partition coefficient (Wildman–Crippen LogP) is -3.26. The summed E-state index contributed by atoms with van der Waals surface area (Å²) in [4.78, 5) is 78.3. The van der Waals surface area contributed by atoms with Gasteiger partial charge in [0.05, 0.1) is 19.0 Å². The van der Waals surface area contributed by atoms with E-state index in [-0.39, 0.29) is 43.9 Å². The highest BCUT2D eigenvalue weighted by Gasteiger charge is 2.50. The first-order valence-corrected chi connectivity index (χ1v) is 12.7. The monoisotopic (exact) mass is 536 g/mol. The van der Waals surface area contributed by atoms with E-state index >= 15 is 0 Å². The number of carboxylic acid groups (broad SMARTS) is 1. The molecule has 0 aromatic rings. The van der Waals surface area contributed by atoms with Crippen LogP contribution in [0.1, 0.15) is 44.9 Å². The van der Waals surface area contributed by atoms with Crippen LogP contribution in [-0.4, -0.2) is 95.1 Å². The molecule has 38 heavy (non-hydrogen) atoms. The van der Waals surface area contributed by atoms with Crippen molar-refractivity contribution in [2.24, 2.45) is 23.3 Å². The van der Waals surface area contributed by atoms with Crippen LogP contribution in [0.15, 0.2) is 0 Å². The fourth-order valence-electron chi connectivity index (χ4n) is 5.51. The van der Waals surface area contributed by atoms with Crippen LogP contribution in [0.2, 0.25) is 0 Å². The minimum Gasteiger partial charge on any atom is -0.481 e. The van der Waals surface area contributed by atoms with Crippen LogP contribution in [0.25, 0.3) is 0 Å². The van der Waals surface area contributed by atoms with Gasteiger partial charge < -0.3 is 42.7 Å². The van der Waals surface area contributed by atoms with Gasteiger partial charge in [0.1, 0.15) is 12.1 Å². The maximum atomic E-state index is 13.6. The molecule has 2 bridgehead atoms. The van der Waals surface area contributed by atoms with E-state index in [4.69, 9.17) is 16.9 Å². The molecule has 0 saturated carbocycles. The molecular formula is C23H36N8O7. The Balaban J connectivity index is 1.90. The van der Waals surface area contributed by atoms with Gasteiger partial charge >= 0.3 is 5.97 Å². The second-order valence-corrected chi connectivity index (χ2v) is 9.98. The molecule has 3 fully saturated rings. The van der Waals surface area contributed by atoms with Gasteiger partial charge in [0.25, 0.3) is 0 Å². The fourth-order valence-corrected chi connectivity index (χ4v) is 5.51. The van der Waals surface area contributed by atoms with Crippen molar-refractivity contribution >= 4 is 41.3 Å². The van der Waals surface area contributed by atoms with E-state index in [0.29, 0.717) is 25.7 Å². The third-order valence-electron chi connectivity index (χ3n) is 7.39. The smallest absolute Gasteiger partial charge is 0.305 e. The molecule has 210 valence electrons. The Morgan fingerprint density at radius 3 is 2.50 bits per heavy atom. The molecule has 3 aliphatic rings. The third kappa shape index (κ3) is 6.96. The largest absolute Gasteiger partial charge is 0.481 e. The van der Waals surface area contributed by atoms with Gasteiger partial charge in [-0.05, 0) is 44.6 Å². The summed E-state index contributed by atoms with van der Waals surface area (Å²) in [5.41, 5.74) is 11.2. The molecule has 0 radical (unpaired) electrons. The number of aliphatic carboxylic acids is 1. The van der Waals surface area contributed by atoms with E-state index in [2.05, 4.69) is 21.3 Å². The topological polar surface area (TPSA) is 250 Å². The van der Waals surface area contributed by atoms with Crippen LogP contribution in [0, 0.1) is 17.2 Å². The number of nitrogens with zero attached hydrogens (tertiary/aromatic N) is 1. The summed E-state index contributed by atoms with van der Waals surface area (Å²) in [7, 11) is 0. The van der Waals surface area contributed by atoms with Crippen LogP contribution in [0.3, 0.4) is 0 Å². The summed E-state index contributed by atoms with van der Waals surface area (Å²) in [6.45, 7) is -0.145. The molecule has 6 atom stereocenters. The van der Waals surface area contributed by atoms with Crippen LogP contribution in [-0.2, 0) is 28.8 Å². The summed E-state index contributed by atoms with van der Waals surface area (Å²) in [5.74, 6) is -5.76. The lowest BCUT2D eigenvalue weighted by molar-refractivity contribution is -0.151. The van der Waals surface area contributed by atoms with Gasteiger partial charge in [-0.25, -0.2) is 0 Å². The second-order valence-electron chi connectivity index (χ2n) is 9.98. The first-order valence-electron chi connectivity index (χ1n) is 12.7. The molecular weight excluding hydrogens is 500 g/mol. The van der Waals surface area contributed by atoms with Crippen molar-refractivity contribution in [2.75, 3.05) is 19.6 Å². The van der Waals surface area contributed by atoms with E-state index in [1.165, 1.54) is 4.90 Å². The van der Waals surface area contributed by atoms with Crippen molar-refractivity contribution in [3.63, 3.8) is 0 Å². The van der Waals surface area contributed by atoms with Gasteiger partial charge in [0.2, 0.25) is 23.6 Å². The molecule has 3 aliphatic heterocycles. The number of amides is 4. The van der Waals surface area contributed by atoms with E-state index in [0.717, 1.165) is 0 Å². The number of nitrogens with one attached hydrogen (secondary N) is 5. The Bertz CT molecular complexity index is 989. The van der Waals surface area contributed by atoms with Crippen molar-refractivity contribution in [1.82, 2.24) is 26.2 Å². The average molecular weight is 537 g/mol. The summed E-state index contributed by atoms with van der Waals surface area (Å²) >= 11 is 0. The lowest BCUT2D eigenvalue weighted by atomic mass is 9.78. The molecule has 0 spiro atoms. The SMILES string of the molecule is N=C(N)NCCC[C@@H]1NC(=O)[C@@H]2CC[C@H]3C[C@@H](CN)[C@@H](CC(=O)[C@H](CC(=O)O)NC(=O)CNC1=O)C(=O)N32. The van der Waals surface area contributed by atoms with Crippen molar-refractivity contribution in [1.29, 1.82) is 5.41 Å². The first-order chi connectivity index (χ1) is 18.0. The minimum atomic E-state index is -1.39. The highest BCUT2D eigenvalue weighted by molar-refractivity contribution is 5.98. The molecule has 15 heteroatoms. The second kappa shape index (κ2) is 12.7. The normalized spacial score (nSPS) is 30.4. The molecule has 0 aromatic carbocycles. The number of ketones is 1. The van der Waals surface area contributed by atoms with E-state index < -0.39 is 72.4 Å². The summed E-state index contributed by atoms with van der Waals surface area (Å²) in [5, 5.41) is 26.6. The maximum Gasteiger partial charge on any atom is 0.305 e. The Labute approximate surface area is 219 Å². The zero-order chi connectivity index (χ0) is 28.0. The van der Waals surface area contributed by atoms with Gasteiger partial charge in [0, 0.05) is 24.9 Å². The van der Waals surface area contributed by atoms with Crippen LogP contribution >= 0.6 is 0 Å². The summed E-state index contributed by atoms with van der Waals surface area (Å²) in [6, 6.07) is -3.52. The lowest BCUT2D eigenvalue weighted by Gasteiger charge is -2.42. The van der Waals surface area contributed by atoms with Gasteiger partial charge in [-0.3, -0.25) is 34.2 Å². The van der Waals surface area contributed by atoms with Crippen LogP contribution in [0.4, 0.5) is 0 Å². The third-order valence-corrected chi connectivity index (χ3v) is 7.39. The number of carbonyl (C=O) groups is 6. The van der Waals surface area contributed by atoms with Crippen molar-refractivity contribution in [3.8, 4) is 0 Å². The Kier molecular flexibility index (Phi) is 9.61. The molecule has 0 unspecified atom stereocenters. The summed E-state index contributed by atoms with van der Waals surface area (Å²) < 4.78 is 0. The first kappa shape index (κ1) is 28.8. The quantitative estimate of drug-likeness (QED) is 0.0915. The number of carbonyl (C=O) groups excluding carboxylic acids is 5. The van der Waals surface area contributed by atoms with Crippen LogP contribution < -0.4 is 32.7 Å². The zero-order valence-electron chi connectivity index (χ0n) is 21.0. The van der Waals surface area contributed by atoms with Gasteiger partial charge in [-0.15, -0.1) is 0 Å². The number of guanidine groups is 1. The van der Waals surface area contributed by atoms with E-state index in [1.807, 2.05) is 0 Å². The number of piperidine rings is 1. The van der Waals surface area contributed by atoms with Crippen molar-refractivity contribution < 1.29 is 33.9 Å².